The first-order valence-electron chi connectivity index (χ1n) is 9.34. The van der Waals surface area contributed by atoms with Crippen molar-refractivity contribution in [2.24, 2.45) is 17.8 Å². The van der Waals surface area contributed by atoms with Crippen LogP contribution in [0.4, 0.5) is 0 Å². The van der Waals surface area contributed by atoms with Crippen LogP contribution in [0.2, 0.25) is 0 Å². The number of imidazole rings is 1. The number of esters is 1. The molecule has 25 heavy (non-hydrogen) atoms. The van der Waals surface area contributed by atoms with E-state index in [1.165, 1.54) is 12.7 Å². The van der Waals surface area contributed by atoms with Crippen molar-refractivity contribution in [1.82, 2.24) is 19.5 Å². The summed E-state index contributed by atoms with van der Waals surface area (Å²) >= 11 is 0. The van der Waals surface area contributed by atoms with Gasteiger partial charge in [0, 0.05) is 6.42 Å². The molecule has 0 saturated heterocycles. The van der Waals surface area contributed by atoms with E-state index in [0.29, 0.717) is 23.4 Å². The highest BCUT2D eigenvalue weighted by molar-refractivity contribution is 5.75. The van der Waals surface area contributed by atoms with E-state index in [2.05, 4.69) is 35.7 Å². The second-order valence-corrected chi connectivity index (χ2v) is 7.55. The van der Waals surface area contributed by atoms with Gasteiger partial charge >= 0.3 is 5.97 Å². The van der Waals surface area contributed by atoms with Crippen molar-refractivity contribution >= 4 is 17.1 Å². The molecule has 0 spiro atoms. The molecule has 2 heterocycles. The van der Waals surface area contributed by atoms with Crippen molar-refractivity contribution in [1.29, 1.82) is 0 Å². The molecule has 1 aliphatic rings. The molecule has 0 bridgehead atoms. The van der Waals surface area contributed by atoms with Crippen molar-refractivity contribution in [2.45, 2.75) is 66.0 Å². The highest BCUT2D eigenvalue weighted by Crippen LogP contribution is 2.35. The van der Waals surface area contributed by atoms with Crippen molar-refractivity contribution in [3.05, 3.63) is 18.3 Å². The third-order valence-electron chi connectivity index (χ3n) is 5.36. The Morgan fingerprint density at radius 1 is 1.40 bits per heavy atom. The topological polar surface area (TPSA) is 69.9 Å². The number of fused-ring (bicyclic) bond motifs is 1. The Morgan fingerprint density at radius 2 is 2.20 bits per heavy atom. The Balaban J connectivity index is 1.76. The first-order chi connectivity index (χ1) is 12.0. The second-order valence-electron chi connectivity index (χ2n) is 7.55. The first kappa shape index (κ1) is 17.8. The number of hydrogen-bond donors (Lipinski definition) is 0. The van der Waals surface area contributed by atoms with Crippen LogP contribution in [0.3, 0.4) is 0 Å². The summed E-state index contributed by atoms with van der Waals surface area (Å²) in [5, 5.41) is 0. The minimum atomic E-state index is -0.192. The van der Waals surface area contributed by atoms with E-state index < -0.39 is 0 Å². The van der Waals surface area contributed by atoms with Crippen LogP contribution in [-0.2, 0) is 22.5 Å². The number of carbonyl (C=O) groups is 1. The summed E-state index contributed by atoms with van der Waals surface area (Å²) in [5.41, 5.74) is 1.42. The number of aryl methyl sites for hydroxylation is 1. The monoisotopic (exact) mass is 344 g/mol. The van der Waals surface area contributed by atoms with Crippen molar-refractivity contribution in [3.63, 3.8) is 0 Å². The molecule has 1 saturated carbocycles. The Hall–Kier alpha value is -1.98. The molecule has 6 heteroatoms. The largest absolute Gasteiger partial charge is 0.461 e. The molecule has 3 unspecified atom stereocenters. The van der Waals surface area contributed by atoms with Gasteiger partial charge in [-0.15, -0.1) is 0 Å². The van der Waals surface area contributed by atoms with Crippen LogP contribution in [-0.4, -0.2) is 31.6 Å². The van der Waals surface area contributed by atoms with E-state index in [9.17, 15) is 4.79 Å². The minimum Gasteiger partial charge on any atom is -0.461 e. The number of carbonyl (C=O) groups excluding carboxylic acids is 1. The average Bonchev–Trinajstić information content (AvgIpc) is 2.92. The lowest BCUT2D eigenvalue weighted by molar-refractivity contribution is -0.156. The van der Waals surface area contributed by atoms with Crippen LogP contribution in [0, 0.1) is 17.8 Å². The molecule has 0 aliphatic heterocycles. The van der Waals surface area contributed by atoms with E-state index in [1.807, 2.05) is 11.5 Å². The zero-order valence-corrected chi connectivity index (χ0v) is 15.6. The van der Waals surface area contributed by atoms with E-state index in [-0.39, 0.29) is 18.6 Å². The molecule has 3 atom stereocenters. The molecule has 1 fully saturated rings. The maximum absolute atomic E-state index is 12.7. The normalized spacial score (nSPS) is 24.0. The van der Waals surface area contributed by atoms with E-state index in [1.54, 1.807) is 6.20 Å². The second kappa shape index (κ2) is 7.50. The third kappa shape index (κ3) is 3.83. The summed E-state index contributed by atoms with van der Waals surface area (Å²) in [6, 6.07) is 0. The van der Waals surface area contributed by atoms with E-state index in [4.69, 9.17) is 4.74 Å². The number of rotatable bonds is 5. The lowest BCUT2D eigenvalue weighted by Gasteiger charge is -2.36. The number of hydrogen-bond acceptors (Lipinski definition) is 5. The number of ether oxygens (including phenoxy) is 1. The smallest absolute Gasteiger partial charge is 0.326 e. The van der Waals surface area contributed by atoms with Gasteiger partial charge < -0.3 is 9.30 Å². The Labute approximate surface area is 149 Å². The summed E-state index contributed by atoms with van der Waals surface area (Å²) in [7, 11) is 0. The van der Waals surface area contributed by atoms with Crippen LogP contribution in [0.25, 0.3) is 11.2 Å². The van der Waals surface area contributed by atoms with Gasteiger partial charge in [-0.2, -0.15) is 0 Å². The Bertz CT molecular complexity index is 740. The lowest BCUT2D eigenvalue weighted by atomic mass is 9.75. The van der Waals surface area contributed by atoms with Crippen molar-refractivity contribution in [2.75, 3.05) is 0 Å². The molecule has 0 N–H and O–H groups in total. The van der Waals surface area contributed by atoms with Crippen LogP contribution in [0.1, 0.15) is 52.8 Å². The van der Waals surface area contributed by atoms with Gasteiger partial charge in [0.2, 0.25) is 0 Å². The fraction of sp³-hybridized carbons (Fsp3) is 0.684. The van der Waals surface area contributed by atoms with E-state index in [0.717, 1.165) is 30.6 Å². The van der Waals surface area contributed by atoms with Gasteiger partial charge in [-0.3, -0.25) is 4.79 Å². The highest BCUT2D eigenvalue weighted by Gasteiger charge is 2.33. The van der Waals surface area contributed by atoms with Gasteiger partial charge in [0.25, 0.3) is 0 Å². The fourth-order valence-electron chi connectivity index (χ4n) is 3.95. The summed E-state index contributed by atoms with van der Waals surface area (Å²) < 4.78 is 7.81. The number of nitrogens with zero attached hydrogens (tertiary/aromatic N) is 4. The molecule has 1 aliphatic carbocycles. The van der Waals surface area contributed by atoms with Gasteiger partial charge in [-0.25, -0.2) is 15.0 Å². The molecule has 136 valence electrons. The summed E-state index contributed by atoms with van der Waals surface area (Å²) in [4.78, 5) is 25.4. The third-order valence-corrected chi connectivity index (χ3v) is 5.36. The molecule has 6 nitrogen and oxygen atoms in total. The SMILES string of the molecule is CCc1nc2ncncc2n1CC(=O)OC1CC(C)CCC1C(C)C. The van der Waals surface area contributed by atoms with E-state index >= 15 is 0 Å². The highest BCUT2D eigenvalue weighted by atomic mass is 16.5. The summed E-state index contributed by atoms with van der Waals surface area (Å²) in [6.07, 6.45) is 7.27. The fourth-order valence-corrected chi connectivity index (χ4v) is 3.95. The maximum Gasteiger partial charge on any atom is 0.326 e. The van der Waals surface area contributed by atoms with Crippen LogP contribution >= 0.6 is 0 Å². The predicted molar refractivity (Wildman–Crippen MR) is 95.9 cm³/mol. The quantitative estimate of drug-likeness (QED) is 0.778. The molecule has 3 rings (SSSR count). The van der Waals surface area contributed by atoms with Crippen LogP contribution in [0.5, 0.6) is 0 Å². The van der Waals surface area contributed by atoms with Gasteiger partial charge in [0.1, 0.15) is 30.3 Å². The zero-order chi connectivity index (χ0) is 18.0. The number of aromatic nitrogens is 4. The van der Waals surface area contributed by atoms with Gasteiger partial charge in [0.15, 0.2) is 5.65 Å². The Kier molecular flexibility index (Phi) is 5.35. The predicted octanol–water partition coefficient (Wildman–Crippen LogP) is 3.39. The molecular formula is C19H28N4O2. The molecular weight excluding hydrogens is 316 g/mol. The van der Waals surface area contributed by atoms with Crippen LogP contribution < -0.4 is 0 Å². The molecule has 2 aromatic heterocycles. The van der Waals surface area contributed by atoms with Gasteiger partial charge in [0.05, 0.1) is 6.20 Å². The Morgan fingerprint density at radius 3 is 2.92 bits per heavy atom. The molecule has 0 amide bonds. The summed E-state index contributed by atoms with van der Waals surface area (Å²) in [5.74, 6) is 2.24. The van der Waals surface area contributed by atoms with Crippen LogP contribution in [0.15, 0.2) is 12.5 Å². The molecule has 0 radical (unpaired) electrons. The zero-order valence-electron chi connectivity index (χ0n) is 15.6. The van der Waals surface area contributed by atoms with Gasteiger partial charge in [-0.1, -0.05) is 34.1 Å². The van der Waals surface area contributed by atoms with Crippen molar-refractivity contribution in [3.8, 4) is 0 Å². The standard InChI is InChI=1S/C19H28N4O2/c1-5-17-22-19-15(9-20-11-21-19)23(17)10-18(24)25-16-8-13(4)6-7-14(16)12(2)3/h9,11-14,16H,5-8,10H2,1-4H3. The molecule has 0 aromatic carbocycles. The van der Waals surface area contributed by atoms with Gasteiger partial charge in [-0.05, 0) is 30.6 Å². The average molecular weight is 344 g/mol. The molecule has 2 aromatic rings. The maximum atomic E-state index is 12.7. The lowest BCUT2D eigenvalue weighted by Crippen LogP contribution is -2.36. The minimum absolute atomic E-state index is 0.0207. The first-order valence-corrected chi connectivity index (χ1v) is 9.34. The van der Waals surface area contributed by atoms with Crippen molar-refractivity contribution < 1.29 is 9.53 Å². The summed E-state index contributed by atoms with van der Waals surface area (Å²) in [6.45, 7) is 8.87.